The Bertz CT molecular complexity index is 88.9. The highest BCUT2D eigenvalue weighted by Gasteiger charge is 1.78. The second-order valence-electron chi connectivity index (χ2n) is 0.671. The van der Waals surface area contributed by atoms with Crippen molar-refractivity contribution in [2.45, 2.75) is 0 Å². The Morgan fingerprint density at radius 2 is 2.57 bits per heavy atom. The van der Waals surface area contributed by atoms with Crippen LogP contribution in [-0.4, -0.2) is 10.1 Å². The molecular formula is C2H3N2O3. The first kappa shape index (κ1) is 5.90. The van der Waals surface area contributed by atoms with E-state index in [1.54, 1.807) is 6.20 Å². The van der Waals surface area contributed by atoms with Crippen LogP contribution in [0.25, 0.3) is 0 Å². The molecule has 0 saturated heterocycles. The normalized spacial score (nSPS) is 9.29. The van der Waals surface area contributed by atoms with Crippen molar-refractivity contribution < 1.29 is 10.1 Å². The minimum absolute atomic E-state index is 0.458. The molecule has 5 nitrogen and oxygen atoms in total. The number of hydroxylamine groups is 1. The number of hydrogen-bond acceptors (Lipinski definition) is 4. The predicted octanol–water partition coefficient (Wildman–Crippen LogP) is -0.484. The quantitative estimate of drug-likeness (QED) is 0.281. The van der Waals surface area contributed by atoms with E-state index < -0.39 is 4.92 Å². The van der Waals surface area contributed by atoms with Gasteiger partial charge in [-0.15, -0.1) is 0 Å². The van der Waals surface area contributed by atoms with Gasteiger partial charge in [0.2, 0.25) is 0 Å². The Kier molecular flexibility index (Phi) is 2.62. The molecule has 39 valence electrons. The highest BCUT2D eigenvalue weighted by Crippen LogP contribution is 1.63. The Morgan fingerprint density at radius 1 is 2.00 bits per heavy atom. The predicted molar refractivity (Wildman–Crippen MR) is 19.7 cm³/mol. The zero-order valence-corrected chi connectivity index (χ0v) is 3.29. The SMILES string of the molecule is O=[N+]([O-])/C=[C]\NO. The maximum atomic E-state index is 9.29. The lowest BCUT2D eigenvalue weighted by Gasteiger charge is -1.75. The molecule has 2 N–H and O–H groups in total. The van der Waals surface area contributed by atoms with Crippen molar-refractivity contribution in [3.8, 4) is 0 Å². The fourth-order valence-electron chi connectivity index (χ4n) is 0.0816. The Morgan fingerprint density at radius 3 is 2.71 bits per heavy atom. The van der Waals surface area contributed by atoms with Gasteiger partial charge in [0.15, 0.2) is 6.20 Å². The Hall–Kier alpha value is -1.10. The molecule has 1 radical (unpaired) electrons. The van der Waals surface area contributed by atoms with E-state index in [1.165, 1.54) is 5.48 Å². The molecule has 0 aliphatic rings. The number of hydrogen-bond donors (Lipinski definition) is 2. The van der Waals surface area contributed by atoms with E-state index in [0.717, 1.165) is 0 Å². The molecule has 0 rings (SSSR count). The summed E-state index contributed by atoms with van der Waals surface area (Å²) in [5, 5.41) is 16.9. The maximum absolute atomic E-state index is 9.29. The van der Waals surface area contributed by atoms with Gasteiger partial charge < -0.3 is 0 Å². The van der Waals surface area contributed by atoms with E-state index in [4.69, 9.17) is 5.21 Å². The van der Waals surface area contributed by atoms with Gasteiger partial charge in [-0.1, -0.05) is 0 Å². The van der Waals surface area contributed by atoms with E-state index in [-0.39, 0.29) is 0 Å². The summed E-state index contributed by atoms with van der Waals surface area (Å²) in [7, 11) is 0. The Labute approximate surface area is 39.4 Å². The fraction of sp³-hybridized carbons (Fsp3) is 0. The molecule has 0 amide bonds. The van der Waals surface area contributed by atoms with Gasteiger partial charge in [-0.2, -0.15) is 0 Å². The molecule has 0 atom stereocenters. The lowest BCUT2D eigenvalue weighted by atomic mass is 10.9. The third-order valence-electron chi connectivity index (χ3n) is 0.235. The topological polar surface area (TPSA) is 75.4 Å². The van der Waals surface area contributed by atoms with Crippen molar-refractivity contribution in [3.05, 3.63) is 22.5 Å². The largest absolute Gasteiger partial charge is 0.291 e. The highest BCUT2D eigenvalue weighted by atomic mass is 16.6. The average molecular weight is 103 g/mol. The summed E-state index contributed by atoms with van der Waals surface area (Å²) in [6, 6.07) is 0. The molecule has 0 aromatic heterocycles. The standard InChI is InChI=1S/C2H3N2O3/c5-3-1-2-4(6)7/h2-3,5H. The van der Waals surface area contributed by atoms with E-state index in [1.807, 2.05) is 0 Å². The third kappa shape index (κ3) is 4.90. The monoisotopic (exact) mass is 103 g/mol. The summed E-state index contributed by atoms with van der Waals surface area (Å²) in [6.45, 7) is 0. The zero-order valence-electron chi connectivity index (χ0n) is 3.29. The van der Waals surface area contributed by atoms with Crippen LogP contribution in [0.3, 0.4) is 0 Å². The molecule has 0 aliphatic carbocycles. The first-order valence-electron chi connectivity index (χ1n) is 1.39. The van der Waals surface area contributed by atoms with E-state index >= 15 is 0 Å². The lowest BCUT2D eigenvalue weighted by molar-refractivity contribution is -0.403. The van der Waals surface area contributed by atoms with Crippen molar-refractivity contribution in [1.82, 2.24) is 5.48 Å². The van der Waals surface area contributed by atoms with Crippen LogP contribution in [-0.2, 0) is 0 Å². The van der Waals surface area contributed by atoms with Crippen LogP contribution in [0.5, 0.6) is 0 Å². The number of nitro groups is 1. The van der Waals surface area contributed by atoms with Crippen molar-refractivity contribution in [1.29, 1.82) is 0 Å². The Balaban J connectivity index is 3.26. The minimum atomic E-state index is -0.747. The second-order valence-corrected chi connectivity index (χ2v) is 0.671. The molecule has 5 heteroatoms. The lowest BCUT2D eigenvalue weighted by Crippen LogP contribution is -1.96. The zero-order chi connectivity index (χ0) is 5.70. The molecule has 0 aromatic carbocycles. The van der Waals surface area contributed by atoms with Gasteiger partial charge in [-0.05, 0) is 0 Å². The summed E-state index contributed by atoms with van der Waals surface area (Å²) in [4.78, 5) is 8.55. The smallest absolute Gasteiger partial charge is 0.262 e. The van der Waals surface area contributed by atoms with E-state index in [2.05, 4.69) is 0 Å². The molecule has 0 aromatic rings. The number of nitrogens with one attached hydrogen (secondary N) is 1. The van der Waals surface area contributed by atoms with Crippen LogP contribution >= 0.6 is 0 Å². The molecule has 7 heavy (non-hydrogen) atoms. The highest BCUT2D eigenvalue weighted by molar-refractivity contribution is 4.50. The van der Waals surface area contributed by atoms with Crippen molar-refractivity contribution >= 4 is 0 Å². The van der Waals surface area contributed by atoms with Gasteiger partial charge in [-0.25, -0.2) is 0 Å². The number of rotatable bonds is 2. The van der Waals surface area contributed by atoms with Gasteiger partial charge in [0.05, 0.1) is 4.92 Å². The van der Waals surface area contributed by atoms with Crippen LogP contribution in [0.4, 0.5) is 0 Å². The van der Waals surface area contributed by atoms with Crippen LogP contribution in [0.2, 0.25) is 0 Å². The molecule has 0 heterocycles. The van der Waals surface area contributed by atoms with Gasteiger partial charge in [-0.3, -0.25) is 20.8 Å². The first-order valence-corrected chi connectivity index (χ1v) is 1.39. The molecule has 0 spiro atoms. The van der Waals surface area contributed by atoms with Crippen molar-refractivity contribution in [2.24, 2.45) is 0 Å². The van der Waals surface area contributed by atoms with Gasteiger partial charge >= 0.3 is 0 Å². The summed E-state index contributed by atoms with van der Waals surface area (Å²) in [5.41, 5.74) is 1.35. The van der Waals surface area contributed by atoms with Gasteiger partial charge in [0.1, 0.15) is 0 Å². The summed E-state index contributed by atoms with van der Waals surface area (Å²) in [5.74, 6) is 0. The van der Waals surface area contributed by atoms with Crippen LogP contribution in [0.1, 0.15) is 0 Å². The number of nitrogens with zero attached hydrogens (tertiary/aromatic N) is 1. The van der Waals surface area contributed by atoms with Crippen LogP contribution < -0.4 is 5.48 Å². The van der Waals surface area contributed by atoms with Crippen LogP contribution in [0, 0.1) is 16.3 Å². The minimum Gasteiger partial charge on any atom is -0.291 e. The molecule has 0 saturated carbocycles. The average Bonchev–Trinajstić information content (AvgIpc) is 1.61. The first-order chi connectivity index (χ1) is 3.27. The third-order valence-corrected chi connectivity index (χ3v) is 0.235. The van der Waals surface area contributed by atoms with E-state index in [9.17, 15) is 10.1 Å². The second kappa shape index (κ2) is 3.10. The summed E-state index contributed by atoms with van der Waals surface area (Å²) >= 11 is 0. The molecule has 0 aliphatic heterocycles. The van der Waals surface area contributed by atoms with Gasteiger partial charge in [0, 0.05) is 0 Å². The maximum Gasteiger partial charge on any atom is 0.262 e. The fourth-order valence-corrected chi connectivity index (χ4v) is 0.0816. The molecule has 0 bridgehead atoms. The molecular weight excluding hydrogens is 100 g/mol. The molecule has 0 fully saturated rings. The van der Waals surface area contributed by atoms with Gasteiger partial charge in [0.25, 0.3) is 6.20 Å². The van der Waals surface area contributed by atoms with Crippen molar-refractivity contribution in [3.63, 3.8) is 0 Å². The summed E-state index contributed by atoms with van der Waals surface area (Å²) < 4.78 is 0. The van der Waals surface area contributed by atoms with Crippen LogP contribution in [0.15, 0.2) is 6.20 Å². The van der Waals surface area contributed by atoms with Crippen molar-refractivity contribution in [2.75, 3.05) is 0 Å². The molecule has 0 unspecified atom stereocenters. The van der Waals surface area contributed by atoms with E-state index in [0.29, 0.717) is 6.20 Å². The summed E-state index contributed by atoms with van der Waals surface area (Å²) in [6.07, 6.45) is 2.19.